The first-order chi connectivity index (χ1) is 13.2. The minimum Gasteiger partial charge on any atom is -0.488 e. The number of rotatable bonds is 5. The van der Waals surface area contributed by atoms with Crippen molar-refractivity contribution in [2.75, 3.05) is 5.32 Å². The summed E-state index contributed by atoms with van der Waals surface area (Å²) in [5.41, 5.74) is 1.34. The van der Waals surface area contributed by atoms with E-state index in [9.17, 15) is 4.79 Å². The molecule has 1 N–H and O–H groups in total. The number of thiazole rings is 1. The number of aromatic nitrogens is 3. The smallest absolute Gasteiger partial charge is 0.267 e. The summed E-state index contributed by atoms with van der Waals surface area (Å²) in [6.45, 7) is 1.82. The van der Waals surface area contributed by atoms with E-state index in [1.54, 1.807) is 18.5 Å². The molecule has 0 atom stereocenters. The molecule has 138 valence electrons. The summed E-state index contributed by atoms with van der Waals surface area (Å²) in [5, 5.41) is 3.61. The number of anilines is 1. The largest absolute Gasteiger partial charge is 0.488 e. The average molecular weight is 380 g/mol. The van der Waals surface area contributed by atoms with Gasteiger partial charge < -0.3 is 10.1 Å². The van der Waals surface area contributed by atoms with Gasteiger partial charge in [0.2, 0.25) is 0 Å². The van der Waals surface area contributed by atoms with Crippen LogP contribution < -0.4 is 10.1 Å². The van der Waals surface area contributed by atoms with E-state index in [0.717, 1.165) is 12.8 Å². The fourth-order valence-electron chi connectivity index (χ4n) is 3.15. The third-order valence-corrected chi connectivity index (χ3v) is 5.64. The lowest BCUT2D eigenvalue weighted by Gasteiger charge is -2.16. The molecule has 2 heterocycles. The molecule has 6 nitrogen and oxygen atoms in total. The number of nitrogens with one attached hydrogen (secondary N) is 1. The molecule has 0 saturated heterocycles. The van der Waals surface area contributed by atoms with E-state index in [4.69, 9.17) is 4.74 Å². The van der Waals surface area contributed by atoms with Crippen LogP contribution in [0.2, 0.25) is 0 Å². The van der Waals surface area contributed by atoms with E-state index in [1.807, 2.05) is 31.2 Å². The predicted molar refractivity (Wildman–Crippen MR) is 105 cm³/mol. The number of carbonyl (C=O) groups excluding carboxylic acids is 1. The third kappa shape index (κ3) is 3.98. The van der Waals surface area contributed by atoms with E-state index in [0.29, 0.717) is 32.8 Å². The van der Waals surface area contributed by atoms with Crippen molar-refractivity contribution >= 4 is 22.9 Å². The number of nitrogens with zero attached hydrogens (tertiary/aromatic N) is 3. The van der Waals surface area contributed by atoms with E-state index >= 15 is 0 Å². The van der Waals surface area contributed by atoms with Crippen molar-refractivity contribution in [2.24, 2.45) is 0 Å². The molecular weight excluding hydrogens is 360 g/mol. The zero-order valence-electron chi connectivity index (χ0n) is 15.0. The number of amides is 1. The third-order valence-electron chi connectivity index (χ3n) is 4.49. The van der Waals surface area contributed by atoms with Gasteiger partial charge in [-0.3, -0.25) is 4.79 Å². The van der Waals surface area contributed by atoms with Crippen molar-refractivity contribution in [3.63, 3.8) is 0 Å². The molecule has 0 spiro atoms. The number of ether oxygens (including phenoxy) is 1. The number of hydrogen-bond donors (Lipinski definition) is 1. The Hall–Kier alpha value is -2.80. The van der Waals surface area contributed by atoms with Gasteiger partial charge in [-0.05, 0) is 50.8 Å². The maximum atomic E-state index is 12.8. The Morgan fingerprint density at radius 1 is 1.15 bits per heavy atom. The second-order valence-electron chi connectivity index (χ2n) is 6.48. The molecule has 0 aliphatic heterocycles. The monoisotopic (exact) mass is 380 g/mol. The molecule has 1 fully saturated rings. The second-order valence-corrected chi connectivity index (χ2v) is 7.48. The highest BCUT2D eigenvalue weighted by molar-refractivity contribution is 7.17. The first-order valence-corrected chi connectivity index (χ1v) is 9.84. The van der Waals surface area contributed by atoms with Crippen LogP contribution in [-0.4, -0.2) is 27.0 Å². The van der Waals surface area contributed by atoms with Crippen LogP contribution in [0.1, 0.15) is 41.0 Å². The van der Waals surface area contributed by atoms with Crippen molar-refractivity contribution in [3.05, 3.63) is 53.3 Å². The predicted octanol–water partition coefficient (Wildman–Crippen LogP) is 4.48. The zero-order valence-corrected chi connectivity index (χ0v) is 15.8. The lowest BCUT2D eigenvalue weighted by molar-refractivity contribution is 0.102. The Bertz CT molecular complexity index is 936. The summed E-state index contributed by atoms with van der Waals surface area (Å²) in [4.78, 5) is 26.2. The molecule has 1 aliphatic rings. The van der Waals surface area contributed by atoms with Gasteiger partial charge >= 0.3 is 0 Å². The standard InChI is InChI=1S/C20H20N4O2S/c1-13-17(27-20(23-13)18-21-11-6-12-22-18)19(25)24-15-9-4-5-10-16(15)26-14-7-2-3-8-14/h4-6,9-12,14H,2-3,7-8H2,1H3,(H,24,25). The Morgan fingerprint density at radius 2 is 1.89 bits per heavy atom. The number of aryl methyl sites for hydroxylation is 1. The second kappa shape index (κ2) is 7.84. The lowest BCUT2D eigenvalue weighted by atomic mass is 10.2. The highest BCUT2D eigenvalue weighted by atomic mass is 32.1. The van der Waals surface area contributed by atoms with Gasteiger partial charge in [0, 0.05) is 12.4 Å². The maximum absolute atomic E-state index is 12.8. The van der Waals surface area contributed by atoms with Gasteiger partial charge in [0.25, 0.3) is 5.91 Å². The Balaban J connectivity index is 1.54. The van der Waals surface area contributed by atoms with E-state index in [-0.39, 0.29) is 12.0 Å². The summed E-state index contributed by atoms with van der Waals surface area (Å²) in [6.07, 6.45) is 8.08. The molecule has 0 radical (unpaired) electrons. The minimum atomic E-state index is -0.199. The summed E-state index contributed by atoms with van der Waals surface area (Å²) in [6, 6.07) is 9.32. The fraction of sp³-hybridized carbons (Fsp3) is 0.300. The quantitative estimate of drug-likeness (QED) is 0.706. The summed E-state index contributed by atoms with van der Waals surface area (Å²) in [5.74, 6) is 1.04. The Morgan fingerprint density at radius 3 is 2.67 bits per heavy atom. The van der Waals surface area contributed by atoms with Crippen LogP contribution in [0.3, 0.4) is 0 Å². The van der Waals surface area contributed by atoms with Crippen LogP contribution in [0.15, 0.2) is 42.7 Å². The molecule has 4 rings (SSSR count). The van der Waals surface area contributed by atoms with Gasteiger partial charge in [-0.15, -0.1) is 11.3 Å². The number of hydrogen-bond acceptors (Lipinski definition) is 6. The Labute approximate surface area is 161 Å². The number of para-hydroxylation sites is 2. The zero-order chi connectivity index (χ0) is 18.6. The van der Waals surface area contributed by atoms with Crippen LogP contribution in [0, 0.1) is 6.92 Å². The molecule has 3 aromatic rings. The summed E-state index contributed by atoms with van der Waals surface area (Å²) in [7, 11) is 0. The molecule has 0 bridgehead atoms. The minimum absolute atomic E-state index is 0.199. The molecule has 0 unspecified atom stereocenters. The molecular formula is C20H20N4O2S. The topological polar surface area (TPSA) is 77.0 Å². The van der Waals surface area contributed by atoms with Gasteiger partial charge in [0.15, 0.2) is 10.8 Å². The summed E-state index contributed by atoms with van der Waals surface area (Å²) >= 11 is 1.29. The summed E-state index contributed by atoms with van der Waals surface area (Å²) < 4.78 is 6.10. The van der Waals surface area contributed by atoms with E-state index in [2.05, 4.69) is 20.3 Å². The van der Waals surface area contributed by atoms with Crippen LogP contribution in [0.4, 0.5) is 5.69 Å². The molecule has 1 aromatic carbocycles. The fourth-order valence-corrected chi connectivity index (χ4v) is 4.06. The van der Waals surface area contributed by atoms with Crippen LogP contribution >= 0.6 is 11.3 Å². The van der Waals surface area contributed by atoms with Crippen molar-refractivity contribution in [3.8, 4) is 16.6 Å². The van der Waals surface area contributed by atoms with Gasteiger partial charge in [0.1, 0.15) is 10.6 Å². The highest BCUT2D eigenvalue weighted by Crippen LogP contribution is 2.31. The van der Waals surface area contributed by atoms with Crippen LogP contribution in [0.5, 0.6) is 5.75 Å². The molecule has 1 saturated carbocycles. The Kier molecular flexibility index (Phi) is 5.11. The molecule has 27 heavy (non-hydrogen) atoms. The van der Waals surface area contributed by atoms with Crippen LogP contribution in [0.25, 0.3) is 10.8 Å². The van der Waals surface area contributed by atoms with Gasteiger partial charge in [-0.25, -0.2) is 15.0 Å². The maximum Gasteiger partial charge on any atom is 0.267 e. The number of carbonyl (C=O) groups is 1. The number of benzene rings is 1. The van der Waals surface area contributed by atoms with Crippen molar-refractivity contribution in [1.29, 1.82) is 0 Å². The highest BCUT2D eigenvalue weighted by Gasteiger charge is 2.21. The van der Waals surface area contributed by atoms with Crippen molar-refractivity contribution in [1.82, 2.24) is 15.0 Å². The SMILES string of the molecule is Cc1nc(-c2ncccn2)sc1C(=O)Nc1ccccc1OC1CCCC1. The molecule has 1 aliphatic carbocycles. The van der Waals surface area contributed by atoms with Crippen molar-refractivity contribution < 1.29 is 9.53 Å². The average Bonchev–Trinajstić information content (AvgIpc) is 3.34. The lowest BCUT2D eigenvalue weighted by Crippen LogP contribution is -2.15. The normalized spacial score (nSPS) is 14.3. The molecule has 1 amide bonds. The van der Waals surface area contributed by atoms with Gasteiger partial charge in [-0.2, -0.15) is 0 Å². The first kappa shape index (κ1) is 17.6. The van der Waals surface area contributed by atoms with Crippen LogP contribution in [-0.2, 0) is 0 Å². The molecule has 7 heteroatoms. The molecule has 2 aromatic heterocycles. The van der Waals surface area contributed by atoms with E-state index < -0.39 is 0 Å². The van der Waals surface area contributed by atoms with Crippen molar-refractivity contribution in [2.45, 2.75) is 38.7 Å². The van der Waals surface area contributed by atoms with Gasteiger partial charge in [-0.1, -0.05) is 12.1 Å². The first-order valence-electron chi connectivity index (χ1n) is 9.02. The van der Waals surface area contributed by atoms with E-state index in [1.165, 1.54) is 24.2 Å². The van der Waals surface area contributed by atoms with Gasteiger partial charge in [0.05, 0.1) is 17.5 Å².